The van der Waals surface area contributed by atoms with Gasteiger partial charge in [0.15, 0.2) is 0 Å². The van der Waals surface area contributed by atoms with Crippen LogP contribution < -0.4 is 4.74 Å². The number of aryl methyl sites for hydroxylation is 1. The lowest BCUT2D eigenvalue weighted by Gasteiger charge is -2.35. The quantitative estimate of drug-likeness (QED) is 0.818. The Morgan fingerprint density at radius 1 is 1.10 bits per heavy atom. The second-order valence-electron chi connectivity index (χ2n) is 6.74. The Labute approximate surface area is 123 Å². The van der Waals surface area contributed by atoms with Crippen molar-refractivity contribution in [1.82, 2.24) is 4.90 Å². The van der Waals surface area contributed by atoms with E-state index in [1.165, 1.54) is 49.9 Å². The first-order valence-corrected chi connectivity index (χ1v) is 8.14. The van der Waals surface area contributed by atoms with Crippen molar-refractivity contribution in [3.8, 4) is 5.75 Å². The van der Waals surface area contributed by atoms with Crippen LogP contribution in [-0.4, -0.2) is 30.1 Å². The van der Waals surface area contributed by atoms with Gasteiger partial charge >= 0.3 is 0 Å². The minimum atomic E-state index is 0.494. The molecule has 0 unspecified atom stereocenters. The maximum Gasteiger partial charge on any atom is 0.120 e. The average Bonchev–Trinajstić information content (AvgIpc) is 3.25. The Hall–Kier alpha value is -1.02. The molecule has 1 saturated carbocycles. The van der Waals surface area contributed by atoms with E-state index in [0.717, 1.165) is 5.75 Å². The van der Waals surface area contributed by atoms with Crippen LogP contribution in [0, 0.1) is 6.92 Å². The summed E-state index contributed by atoms with van der Waals surface area (Å²) in [6.45, 7) is 9.31. The SMILES string of the molecule is Cc1ccc(OC2CC2)cc1C1CCN(C(C)C)CC1. The van der Waals surface area contributed by atoms with Crippen LogP contribution in [0.5, 0.6) is 5.75 Å². The number of ether oxygens (including phenoxy) is 1. The molecule has 0 amide bonds. The molecule has 0 spiro atoms. The van der Waals surface area contributed by atoms with Gasteiger partial charge in [0.25, 0.3) is 0 Å². The van der Waals surface area contributed by atoms with Crippen molar-refractivity contribution in [2.45, 2.75) is 64.5 Å². The van der Waals surface area contributed by atoms with E-state index in [1.807, 2.05) is 0 Å². The Balaban J connectivity index is 1.69. The summed E-state index contributed by atoms with van der Waals surface area (Å²) >= 11 is 0. The van der Waals surface area contributed by atoms with E-state index >= 15 is 0 Å². The van der Waals surface area contributed by atoms with Crippen LogP contribution in [0.25, 0.3) is 0 Å². The van der Waals surface area contributed by atoms with Gasteiger partial charge in [-0.2, -0.15) is 0 Å². The third-order valence-electron chi connectivity index (χ3n) is 4.78. The summed E-state index contributed by atoms with van der Waals surface area (Å²) in [4.78, 5) is 2.59. The number of nitrogens with zero attached hydrogens (tertiary/aromatic N) is 1. The molecule has 1 aromatic carbocycles. The van der Waals surface area contributed by atoms with Crippen molar-refractivity contribution in [1.29, 1.82) is 0 Å². The van der Waals surface area contributed by atoms with Crippen molar-refractivity contribution in [2.24, 2.45) is 0 Å². The Bertz CT molecular complexity index is 456. The van der Waals surface area contributed by atoms with Crippen molar-refractivity contribution >= 4 is 0 Å². The zero-order chi connectivity index (χ0) is 14.1. The van der Waals surface area contributed by atoms with Crippen LogP contribution in [0.15, 0.2) is 18.2 Å². The maximum atomic E-state index is 5.96. The summed E-state index contributed by atoms with van der Waals surface area (Å²) in [6.07, 6.45) is 5.53. The first-order chi connectivity index (χ1) is 9.63. The highest BCUT2D eigenvalue weighted by Crippen LogP contribution is 2.34. The van der Waals surface area contributed by atoms with Crippen molar-refractivity contribution in [3.63, 3.8) is 0 Å². The molecule has 0 atom stereocenters. The van der Waals surface area contributed by atoms with Crippen molar-refractivity contribution in [3.05, 3.63) is 29.3 Å². The van der Waals surface area contributed by atoms with Gasteiger partial charge in [-0.25, -0.2) is 0 Å². The first kappa shape index (κ1) is 13.9. The van der Waals surface area contributed by atoms with E-state index in [4.69, 9.17) is 4.74 Å². The summed E-state index contributed by atoms with van der Waals surface area (Å²) in [5.41, 5.74) is 2.95. The topological polar surface area (TPSA) is 12.5 Å². The lowest BCUT2D eigenvalue weighted by atomic mass is 9.86. The minimum absolute atomic E-state index is 0.494. The minimum Gasteiger partial charge on any atom is -0.490 e. The molecule has 0 radical (unpaired) electrons. The second-order valence-corrected chi connectivity index (χ2v) is 6.74. The van der Waals surface area contributed by atoms with Crippen LogP contribution in [0.3, 0.4) is 0 Å². The Kier molecular flexibility index (Phi) is 4.02. The summed E-state index contributed by atoms with van der Waals surface area (Å²) in [7, 11) is 0. The van der Waals surface area contributed by atoms with Gasteiger partial charge in [-0.3, -0.25) is 0 Å². The summed E-state index contributed by atoms with van der Waals surface area (Å²) < 4.78 is 5.96. The number of likely N-dealkylation sites (tertiary alicyclic amines) is 1. The van der Waals surface area contributed by atoms with Crippen LogP contribution in [-0.2, 0) is 0 Å². The van der Waals surface area contributed by atoms with Crippen molar-refractivity contribution in [2.75, 3.05) is 13.1 Å². The second kappa shape index (κ2) is 5.77. The fourth-order valence-electron chi connectivity index (χ4n) is 3.24. The number of benzene rings is 1. The fourth-order valence-corrected chi connectivity index (χ4v) is 3.24. The summed E-state index contributed by atoms with van der Waals surface area (Å²) in [5, 5.41) is 0. The smallest absolute Gasteiger partial charge is 0.120 e. The van der Waals surface area contributed by atoms with Gasteiger partial charge in [-0.15, -0.1) is 0 Å². The molecule has 1 aliphatic heterocycles. The number of hydrogen-bond donors (Lipinski definition) is 0. The van der Waals surface area contributed by atoms with Crippen molar-refractivity contribution < 1.29 is 4.74 Å². The van der Waals surface area contributed by atoms with Crippen LogP contribution in [0.4, 0.5) is 0 Å². The van der Waals surface area contributed by atoms with E-state index in [1.54, 1.807) is 0 Å². The third kappa shape index (κ3) is 3.17. The molecule has 2 nitrogen and oxygen atoms in total. The first-order valence-electron chi connectivity index (χ1n) is 8.14. The molecule has 1 heterocycles. The highest BCUT2D eigenvalue weighted by atomic mass is 16.5. The van der Waals surface area contributed by atoms with Gasteiger partial charge in [0.2, 0.25) is 0 Å². The van der Waals surface area contributed by atoms with Gasteiger partial charge < -0.3 is 9.64 Å². The molecule has 0 N–H and O–H groups in total. The number of piperidine rings is 1. The van der Waals surface area contributed by atoms with E-state index < -0.39 is 0 Å². The fraction of sp³-hybridized carbons (Fsp3) is 0.667. The maximum absolute atomic E-state index is 5.96. The van der Waals surface area contributed by atoms with Crippen LogP contribution >= 0.6 is 0 Å². The van der Waals surface area contributed by atoms with Gasteiger partial charge in [-0.05, 0) is 88.7 Å². The standard InChI is InChI=1S/C18H27NO/c1-13(2)19-10-8-15(9-11-19)18-12-17(5-4-14(18)3)20-16-6-7-16/h4-5,12-13,15-16H,6-11H2,1-3H3. The Morgan fingerprint density at radius 3 is 2.40 bits per heavy atom. The molecule has 20 heavy (non-hydrogen) atoms. The molecule has 3 rings (SSSR count). The molecule has 110 valence electrons. The van der Waals surface area contributed by atoms with Gasteiger partial charge in [0.05, 0.1) is 6.10 Å². The average molecular weight is 273 g/mol. The van der Waals surface area contributed by atoms with E-state index in [9.17, 15) is 0 Å². The molecule has 0 aromatic heterocycles. The largest absolute Gasteiger partial charge is 0.490 e. The molecule has 0 bridgehead atoms. The predicted molar refractivity (Wildman–Crippen MR) is 83.5 cm³/mol. The molecular weight excluding hydrogens is 246 g/mol. The number of hydrogen-bond acceptors (Lipinski definition) is 2. The predicted octanol–water partition coefficient (Wildman–Crippen LogP) is 4.12. The normalized spacial score (nSPS) is 21.4. The lowest BCUT2D eigenvalue weighted by Crippen LogP contribution is -2.37. The van der Waals surface area contributed by atoms with E-state index in [2.05, 4.69) is 43.9 Å². The lowest BCUT2D eigenvalue weighted by molar-refractivity contribution is 0.171. The molecule has 1 saturated heterocycles. The highest BCUT2D eigenvalue weighted by molar-refractivity contribution is 5.37. The monoisotopic (exact) mass is 273 g/mol. The summed E-state index contributed by atoms with van der Waals surface area (Å²) in [6, 6.07) is 7.37. The summed E-state index contributed by atoms with van der Waals surface area (Å²) in [5.74, 6) is 1.80. The van der Waals surface area contributed by atoms with E-state index in [0.29, 0.717) is 18.1 Å². The van der Waals surface area contributed by atoms with E-state index in [-0.39, 0.29) is 0 Å². The molecule has 2 aliphatic rings. The molecular formula is C18H27NO. The Morgan fingerprint density at radius 2 is 1.80 bits per heavy atom. The van der Waals surface area contributed by atoms with Crippen LogP contribution in [0.2, 0.25) is 0 Å². The van der Waals surface area contributed by atoms with Crippen LogP contribution in [0.1, 0.15) is 56.6 Å². The molecule has 2 fully saturated rings. The molecule has 1 aliphatic carbocycles. The molecule has 2 heteroatoms. The molecule has 1 aromatic rings. The zero-order valence-corrected chi connectivity index (χ0v) is 13.1. The van der Waals surface area contributed by atoms with Gasteiger partial charge in [-0.1, -0.05) is 6.07 Å². The van der Waals surface area contributed by atoms with Gasteiger partial charge in [0, 0.05) is 6.04 Å². The third-order valence-corrected chi connectivity index (χ3v) is 4.78. The zero-order valence-electron chi connectivity index (χ0n) is 13.1. The number of rotatable bonds is 4. The highest BCUT2D eigenvalue weighted by Gasteiger charge is 2.26. The van der Waals surface area contributed by atoms with Gasteiger partial charge in [0.1, 0.15) is 5.75 Å².